The Labute approximate surface area is 121 Å². The molecular formula is C7H9KN4O2. The van der Waals surface area contributed by atoms with E-state index in [1.807, 2.05) is 0 Å². The van der Waals surface area contributed by atoms with Gasteiger partial charge >= 0.3 is 57.1 Å². The monoisotopic (exact) mass is 220 g/mol. The molecule has 7 heteroatoms. The molecule has 0 atom stereocenters. The van der Waals surface area contributed by atoms with Crippen molar-refractivity contribution in [3.63, 3.8) is 0 Å². The van der Waals surface area contributed by atoms with Crippen LogP contribution in [0.4, 0.5) is 0 Å². The number of nitrogens with one attached hydrogen (secondary N) is 1. The Hall–Kier alpha value is -0.214. The van der Waals surface area contributed by atoms with Gasteiger partial charge in [0.15, 0.2) is 5.65 Å². The number of nitrogens with zero attached hydrogens (tertiary/aromatic N) is 3. The third-order valence-corrected chi connectivity index (χ3v) is 2.03. The second kappa shape index (κ2) is 4.11. The van der Waals surface area contributed by atoms with E-state index in [-0.39, 0.29) is 62.6 Å². The molecule has 0 aromatic carbocycles. The Bertz CT molecular complexity index is 579. The van der Waals surface area contributed by atoms with Crippen molar-refractivity contribution in [2.75, 3.05) is 0 Å². The van der Waals surface area contributed by atoms with Crippen LogP contribution in [0.25, 0.3) is 11.2 Å². The van der Waals surface area contributed by atoms with E-state index in [2.05, 4.69) is 9.97 Å². The number of hydrogen-bond acceptors (Lipinski definition) is 3. The van der Waals surface area contributed by atoms with E-state index in [0.29, 0.717) is 11.2 Å². The fourth-order valence-corrected chi connectivity index (χ4v) is 1.27. The first-order valence-electron chi connectivity index (χ1n) is 3.72. The predicted octanol–water partition coefficient (Wildman–Crippen LogP) is -1.69. The molecule has 2 rings (SSSR count). The molecule has 0 unspecified atom stereocenters. The van der Waals surface area contributed by atoms with E-state index in [1.54, 1.807) is 7.05 Å². The van der Waals surface area contributed by atoms with Crippen LogP contribution in [0.3, 0.4) is 0 Å². The number of aromatic amines is 1. The van der Waals surface area contributed by atoms with Crippen LogP contribution in [0.2, 0.25) is 0 Å². The van der Waals surface area contributed by atoms with Crippen molar-refractivity contribution < 1.29 is 0 Å². The van der Waals surface area contributed by atoms with Crippen LogP contribution < -0.4 is 11.2 Å². The van der Waals surface area contributed by atoms with Crippen molar-refractivity contribution >= 4 is 62.5 Å². The fraction of sp³-hybridized carbons (Fsp3) is 0.286. The second-order valence-electron chi connectivity index (χ2n) is 2.81. The number of aromatic nitrogens is 4. The average Bonchev–Trinajstić information content (AvgIpc) is 2.59. The SMILES string of the molecule is Cn1c(=O)c2[nH]cnc2n(C)c1=O.[KH]. The first kappa shape index (κ1) is 11.9. The molecule has 14 heavy (non-hydrogen) atoms. The number of aryl methyl sites for hydroxylation is 1. The van der Waals surface area contributed by atoms with E-state index < -0.39 is 0 Å². The maximum absolute atomic E-state index is 11.4. The van der Waals surface area contributed by atoms with Crippen molar-refractivity contribution in [3.05, 3.63) is 27.2 Å². The van der Waals surface area contributed by atoms with Crippen LogP contribution in [0.15, 0.2) is 15.9 Å². The molecule has 0 radical (unpaired) electrons. The number of hydrogen-bond donors (Lipinski definition) is 1. The number of rotatable bonds is 0. The summed E-state index contributed by atoms with van der Waals surface area (Å²) in [6.45, 7) is 0. The van der Waals surface area contributed by atoms with Gasteiger partial charge in [-0.25, -0.2) is 9.78 Å². The summed E-state index contributed by atoms with van der Waals surface area (Å²) < 4.78 is 2.37. The molecule has 0 fully saturated rings. The topological polar surface area (TPSA) is 72.7 Å². The minimum absolute atomic E-state index is 0. The molecule has 6 nitrogen and oxygen atoms in total. The van der Waals surface area contributed by atoms with Gasteiger partial charge in [-0.15, -0.1) is 0 Å². The summed E-state index contributed by atoms with van der Waals surface area (Å²) in [4.78, 5) is 29.4. The Morgan fingerprint density at radius 3 is 2.57 bits per heavy atom. The molecule has 0 aliphatic carbocycles. The van der Waals surface area contributed by atoms with Crippen LogP contribution in [0.1, 0.15) is 0 Å². The van der Waals surface area contributed by atoms with Gasteiger partial charge in [-0.05, 0) is 0 Å². The zero-order chi connectivity index (χ0) is 9.59. The van der Waals surface area contributed by atoms with Gasteiger partial charge in [-0.3, -0.25) is 13.9 Å². The molecule has 2 aromatic rings. The second-order valence-corrected chi connectivity index (χ2v) is 2.81. The standard InChI is InChI=1S/C7H8N4O2.K.H/c1-10-5-4(8-3-9-5)6(12)11(2)7(10)13;;/h3H,1-2H3,(H,8,9);;. The van der Waals surface area contributed by atoms with Crippen LogP contribution in [0, 0.1) is 0 Å². The van der Waals surface area contributed by atoms with Crippen LogP contribution in [-0.4, -0.2) is 70.5 Å². The zero-order valence-corrected chi connectivity index (χ0v) is 7.24. The van der Waals surface area contributed by atoms with E-state index in [0.717, 1.165) is 4.57 Å². The number of imidazole rings is 1. The molecule has 0 saturated heterocycles. The summed E-state index contributed by atoms with van der Waals surface area (Å²) in [6, 6.07) is 0. The Kier molecular flexibility index (Phi) is 3.48. The van der Waals surface area contributed by atoms with Crippen LogP contribution in [-0.2, 0) is 14.1 Å². The summed E-state index contributed by atoms with van der Waals surface area (Å²) >= 11 is 0. The van der Waals surface area contributed by atoms with E-state index >= 15 is 0 Å². The van der Waals surface area contributed by atoms with Crippen molar-refractivity contribution in [1.82, 2.24) is 19.1 Å². The van der Waals surface area contributed by atoms with Crippen LogP contribution in [0.5, 0.6) is 0 Å². The van der Waals surface area contributed by atoms with Gasteiger partial charge in [0, 0.05) is 14.1 Å². The first-order valence-corrected chi connectivity index (χ1v) is 3.72. The summed E-state index contributed by atoms with van der Waals surface area (Å²) in [7, 11) is 3.01. The third-order valence-electron chi connectivity index (χ3n) is 2.03. The summed E-state index contributed by atoms with van der Waals surface area (Å²) in [5.41, 5.74) is 0.0119. The van der Waals surface area contributed by atoms with E-state index in [9.17, 15) is 9.59 Å². The maximum atomic E-state index is 11.4. The molecule has 0 amide bonds. The summed E-state index contributed by atoms with van der Waals surface area (Å²) in [6.07, 6.45) is 1.39. The molecular weight excluding hydrogens is 211 g/mol. The van der Waals surface area contributed by atoms with Crippen molar-refractivity contribution in [1.29, 1.82) is 0 Å². The average molecular weight is 220 g/mol. The van der Waals surface area contributed by atoms with Crippen LogP contribution >= 0.6 is 0 Å². The summed E-state index contributed by atoms with van der Waals surface area (Å²) in [5.74, 6) is 0. The molecule has 1 N–H and O–H groups in total. The quantitative estimate of drug-likeness (QED) is 0.539. The number of fused-ring (bicyclic) bond motifs is 1. The predicted molar refractivity (Wildman–Crippen MR) is 53.7 cm³/mol. The fourth-order valence-electron chi connectivity index (χ4n) is 1.27. The van der Waals surface area contributed by atoms with Gasteiger partial charge < -0.3 is 4.98 Å². The summed E-state index contributed by atoms with van der Waals surface area (Å²) in [5, 5.41) is 0. The van der Waals surface area contributed by atoms with Gasteiger partial charge in [-0.1, -0.05) is 0 Å². The van der Waals surface area contributed by atoms with Gasteiger partial charge in [0.25, 0.3) is 5.56 Å². The third kappa shape index (κ3) is 1.55. The molecule has 0 saturated carbocycles. The van der Waals surface area contributed by atoms with Gasteiger partial charge in [-0.2, -0.15) is 0 Å². The van der Waals surface area contributed by atoms with Gasteiger partial charge in [0.05, 0.1) is 6.33 Å². The normalized spacial score (nSPS) is 10.1. The Morgan fingerprint density at radius 1 is 1.29 bits per heavy atom. The molecule has 0 spiro atoms. The Balaban J connectivity index is 0.000000980. The molecule has 2 aromatic heterocycles. The molecule has 0 aliphatic rings. The van der Waals surface area contributed by atoms with Crippen molar-refractivity contribution in [2.24, 2.45) is 14.1 Å². The minimum atomic E-state index is -0.371. The Morgan fingerprint density at radius 2 is 1.93 bits per heavy atom. The van der Waals surface area contributed by atoms with Gasteiger partial charge in [0.1, 0.15) is 5.52 Å². The molecule has 0 bridgehead atoms. The molecule has 70 valence electrons. The van der Waals surface area contributed by atoms with Gasteiger partial charge in [0.2, 0.25) is 0 Å². The number of H-pyrrole nitrogens is 1. The molecule has 2 heterocycles. The van der Waals surface area contributed by atoms with E-state index in [1.165, 1.54) is 17.9 Å². The van der Waals surface area contributed by atoms with Crippen molar-refractivity contribution in [2.45, 2.75) is 0 Å². The first-order chi connectivity index (χ1) is 6.13. The zero-order valence-electron chi connectivity index (χ0n) is 7.24. The van der Waals surface area contributed by atoms with E-state index in [4.69, 9.17) is 0 Å². The van der Waals surface area contributed by atoms with Crippen molar-refractivity contribution in [3.8, 4) is 0 Å². The molecule has 0 aliphatic heterocycles.